The van der Waals surface area contributed by atoms with Gasteiger partial charge in [-0.15, -0.1) is 0 Å². The van der Waals surface area contributed by atoms with Crippen LogP contribution in [0.5, 0.6) is 0 Å². The highest BCUT2D eigenvalue weighted by Crippen LogP contribution is 2.40. The number of hydrogen-bond donors (Lipinski definition) is 1. The molecule has 1 aromatic heterocycles. The summed E-state index contributed by atoms with van der Waals surface area (Å²) in [6.45, 7) is 2.98. The fourth-order valence-electron chi connectivity index (χ4n) is 2.42. The zero-order valence-electron chi connectivity index (χ0n) is 10.6. The maximum atomic E-state index is 4.37. The van der Waals surface area contributed by atoms with Crippen molar-refractivity contribution in [2.45, 2.75) is 31.8 Å². The van der Waals surface area contributed by atoms with E-state index < -0.39 is 0 Å². The summed E-state index contributed by atoms with van der Waals surface area (Å²) in [5.41, 5.74) is 3.86. The molecule has 1 heterocycles. The summed E-state index contributed by atoms with van der Waals surface area (Å²) in [5.74, 6) is 0.691. The predicted octanol–water partition coefficient (Wildman–Crippen LogP) is 3.04. The lowest BCUT2D eigenvalue weighted by molar-refractivity contribution is 0.660. The maximum absolute atomic E-state index is 4.37. The van der Waals surface area contributed by atoms with Gasteiger partial charge >= 0.3 is 0 Å². The van der Waals surface area contributed by atoms with Crippen LogP contribution < -0.4 is 5.32 Å². The average molecular weight is 238 g/mol. The van der Waals surface area contributed by atoms with E-state index in [1.165, 1.54) is 17.5 Å². The summed E-state index contributed by atoms with van der Waals surface area (Å²) in [6, 6.07) is 15.6. The second-order valence-electron chi connectivity index (χ2n) is 5.06. The summed E-state index contributed by atoms with van der Waals surface area (Å²) >= 11 is 0. The van der Waals surface area contributed by atoms with Crippen molar-refractivity contribution < 1.29 is 0 Å². The average Bonchev–Trinajstić information content (AvgIpc) is 3.17. The van der Waals surface area contributed by atoms with E-state index in [2.05, 4.69) is 53.6 Å². The molecule has 0 saturated heterocycles. The predicted molar refractivity (Wildman–Crippen MR) is 73.4 cm³/mol. The first-order valence-electron chi connectivity index (χ1n) is 6.53. The molecule has 0 bridgehead atoms. The molecule has 2 heteroatoms. The second kappa shape index (κ2) is 4.91. The third-order valence-corrected chi connectivity index (χ3v) is 3.54. The van der Waals surface area contributed by atoms with Crippen LogP contribution in [0.15, 0.2) is 48.7 Å². The molecule has 1 aliphatic rings. The molecule has 1 aliphatic carbocycles. The SMILES string of the molecule is Cc1ccnc(CN[C@@H]2C[C@H]2c2ccccc2)c1. The van der Waals surface area contributed by atoms with Crippen molar-refractivity contribution in [1.29, 1.82) is 0 Å². The standard InChI is InChI=1S/C16H18N2/c1-12-7-8-17-14(9-12)11-18-16-10-15(16)13-5-3-2-4-6-13/h2-9,15-16,18H,10-11H2,1H3/t15-,16+/m0/s1. The second-order valence-corrected chi connectivity index (χ2v) is 5.06. The molecule has 0 aliphatic heterocycles. The zero-order chi connectivity index (χ0) is 12.4. The van der Waals surface area contributed by atoms with Gasteiger partial charge in [0.05, 0.1) is 5.69 Å². The van der Waals surface area contributed by atoms with Crippen molar-refractivity contribution in [3.05, 3.63) is 65.5 Å². The van der Waals surface area contributed by atoms with Gasteiger partial charge in [-0.25, -0.2) is 0 Å². The number of nitrogens with zero attached hydrogens (tertiary/aromatic N) is 1. The highest BCUT2D eigenvalue weighted by molar-refractivity contribution is 5.27. The van der Waals surface area contributed by atoms with E-state index in [9.17, 15) is 0 Å². The van der Waals surface area contributed by atoms with E-state index in [1.54, 1.807) is 0 Å². The molecule has 0 radical (unpaired) electrons. The number of nitrogens with one attached hydrogen (secondary N) is 1. The third-order valence-electron chi connectivity index (χ3n) is 3.54. The first-order chi connectivity index (χ1) is 8.83. The molecule has 1 N–H and O–H groups in total. The fourth-order valence-corrected chi connectivity index (χ4v) is 2.42. The number of aryl methyl sites for hydroxylation is 1. The first-order valence-corrected chi connectivity index (χ1v) is 6.53. The Morgan fingerprint density at radius 1 is 1.22 bits per heavy atom. The Kier molecular flexibility index (Phi) is 3.11. The van der Waals surface area contributed by atoms with Gasteiger partial charge in [-0.2, -0.15) is 0 Å². The number of hydrogen-bond acceptors (Lipinski definition) is 2. The Balaban J connectivity index is 1.55. The van der Waals surface area contributed by atoms with Crippen LogP contribution in [-0.2, 0) is 6.54 Å². The summed E-state index contributed by atoms with van der Waals surface area (Å²) in [5, 5.41) is 3.59. The normalized spacial score (nSPS) is 21.8. The molecule has 0 amide bonds. The van der Waals surface area contributed by atoms with Crippen molar-refractivity contribution >= 4 is 0 Å². The Bertz CT molecular complexity index is 522. The highest BCUT2D eigenvalue weighted by Gasteiger charge is 2.37. The minimum absolute atomic E-state index is 0.620. The van der Waals surface area contributed by atoms with Crippen LogP contribution >= 0.6 is 0 Å². The van der Waals surface area contributed by atoms with Crippen LogP contribution in [0.25, 0.3) is 0 Å². The van der Waals surface area contributed by atoms with Crippen molar-refractivity contribution in [3.8, 4) is 0 Å². The van der Waals surface area contributed by atoms with Gasteiger partial charge in [-0.05, 0) is 36.6 Å². The van der Waals surface area contributed by atoms with Gasteiger partial charge in [0, 0.05) is 24.7 Å². The van der Waals surface area contributed by atoms with Crippen molar-refractivity contribution in [1.82, 2.24) is 10.3 Å². The largest absolute Gasteiger partial charge is 0.308 e. The van der Waals surface area contributed by atoms with E-state index in [-0.39, 0.29) is 0 Å². The van der Waals surface area contributed by atoms with Crippen LogP contribution in [0.1, 0.15) is 29.2 Å². The van der Waals surface area contributed by atoms with Crippen molar-refractivity contribution in [2.24, 2.45) is 0 Å². The van der Waals surface area contributed by atoms with Crippen LogP contribution in [0, 0.1) is 6.92 Å². The molecule has 2 atom stereocenters. The Morgan fingerprint density at radius 2 is 2.06 bits per heavy atom. The molecular formula is C16H18N2. The molecular weight excluding hydrogens is 220 g/mol. The van der Waals surface area contributed by atoms with E-state index >= 15 is 0 Å². The number of benzene rings is 1. The molecule has 0 spiro atoms. The fraction of sp³-hybridized carbons (Fsp3) is 0.312. The summed E-state index contributed by atoms with van der Waals surface area (Å²) in [6.07, 6.45) is 3.13. The van der Waals surface area contributed by atoms with Gasteiger partial charge < -0.3 is 5.32 Å². The van der Waals surface area contributed by atoms with E-state index in [1.807, 2.05) is 12.3 Å². The van der Waals surface area contributed by atoms with Crippen LogP contribution in [0.2, 0.25) is 0 Å². The topological polar surface area (TPSA) is 24.9 Å². The van der Waals surface area contributed by atoms with E-state index in [0.29, 0.717) is 12.0 Å². The molecule has 1 aromatic carbocycles. The van der Waals surface area contributed by atoms with Crippen molar-refractivity contribution in [3.63, 3.8) is 0 Å². The lowest BCUT2D eigenvalue weighted by Crippen LogP contribution is -2.18. The third kappa shape index (κ3) is 2.59. The van der Waals surface area contributed by atoms with Gasteiger partial charge in [-0.1, -0.05) is 30.3 Å². The molecule has 92 valence electrons. The minimum Gasteiger partial charge on any atom is -0.308 e. The van der Waals surface area contributed by atoms with Crippen molar-refractivity contribution in [2.75, 3.05) is 0 Å². The van der Waals surface area contributed by atoms with Gasteiger partial charge in [0.1, 0.15) is 0 Å². The van der Waals surface area contributed by atoms with Crippen LogP contribution in [0.3, 0.4) is 0 Å². The Labute approximate surface area is 108 Å². The summed E-state index contributed by atoms with van der Waals surface area (Å²) < 4.78 is 0. The quantitative estimate of drug-likeness (QED) is 0.885. The summed E-state index contributed by atoms with van der Waals surface area (Å²) in [4.78, 5) is 4.37. The highest BCUT2D eigenvalue weighted by atomic mass is 15.0. The number of aromatic nitrogens is 1. The molecule has 18 heavy (non-hydrogen) atoms. The Morgan fingerprint density at radius 3 is 2.83 bits per heavy atom. The molecule has 1 saturated carbocycles. The van der Waals surface area contributed by atoms with E-state index in [0.717, 1.165) is 12.2 Å². The monoisotopic (exact) mass is 238 g/mol. The minimum atomic E-state index is 0.620. The smallest absolute Gasteiger partial charge is 0.0544 e. The summed E-state index contributed by atoms with van der Waals surface area (Å²) in [7, 11) is 0. The Hall–Kier alpha value is -1.67. The maximum Gasteiger partial charge on any atom is 0.0544 e. The van der Waals surface area contributed by atoms with E-state index in [4.69, 9.17) is 0 Å². The molecule has 1 fully saturated rings. The van der Waals surface area contributed by atoms with Gasteiger partial charge in [0.25, 0.3) is 0 Å². The number of pyridine rings is 1. The van der Waals surface area contributed by atoms with Gasteiger partial charge in [-0.3, -0.25) is 4.98 Å². The molecule has 3 rings (SSSR count). The lowest BCUT2D eigenvalue weighted by atomic mass is 10.1. The van der Waals surface area contributed by atoms with Crippen LogP contribution in [0.4, 0.5) is 0 Å². The zero-order valence-corrected chi connectivity index (χ0v) is 10.6. The van der Waals surface area contributed by atoms with Gasteiger partial charge in [0.15, 0.2) is 0 Å². The van der Waals surface area contributed by atoms with Gasteiger partial charge in [0.2, 0.25) is 0 Å². The molecule has 0 unspecified atom stereocenters. The molecule has 2 aromatic rings. The number of rotatable bonds is 4. The molecule has 2 nitrogen and oxygen atoms in total. The van der Waals surface area contributed by atoms with Crippen LogP contribution in [-0.4, -0.2) is 11.0 Å². The lowest BCUT2D eigenvalue weighted by Gasteiger charge is -2.04. The first kappa shape index (κ1) is 11.4.